The topological polar surface area (TPSA) is 76.5 Å². The number of hydrogen-bond donors (Lipinski definition) is 1. The third kappa shape index (κ3) is 3.49. The molecule has 0 saturated carbocycles. The molecule has 1 unspecified atom stereocenters. The van der Waals surface area contributed by atoms with Gasteiger partial charge in [0.1, 0.15) is 0 Å². The number of nitrogens with one attached hydrogen (secondary N) is 1. The Morgan fingerprint density at radius 3 is 2.77 bits per heavy atom. The van der Waals surface area contributed by atoms with Crippen LogP contribution in [0.2, 0.25) is 0 Å². The Morgan fingerprint density at radius 2 is 1.88 bits per heavy atom. The second kappa shape index (κ2) is 7.23. The zero-order valence-electron chi connectivity index (χ0n) is 14.4. The lowest BCUT2D eigenvalue weighted by molar-refractivity contribution is 0.748. The standard InChI is InChI=1S/C20H18N6/c1-14(11-16-12-21-9-10-22-16)24-20-25-19(13-23-26-20)18-8-4-6-15-5-2-3-7-17(15)18/h2-10,12-14H,11H2,1H3,(H,24,25,26). The van der Waals surface area contributed by atoms with Gasteiger partial charge in [-0.15, -0.1) is 5.10 Å². The molecular weight excluding hydrogens is 324 g/mol. The van der Waals surface area contributed by atoms with E-state index in [2.05, 4.69) is 61.7 Å². The Morgan fingerprint density at radius 1 is 1.00 bits per heavy atom. The van der Waals surface area contributed by atoms with Crippen molar-refractivity contribution in [2.24, 2.45) is 0 Å². The van der Waals surface area contributed by atoms with E-state index in [-0.39, 0.29) is 6.04 Å². The van der Waals surface area contributed by atoms with Crippen molar-refractivity contribution in [3.63, 3.8) is 0 Å². The van der Waals surface area contributed by atoms with Crippen LogP contribution in [0.1, 0.15) is 12.6 Å². The Balaban J connectivity index is 1.58. The van der Waals surface area contributed by atoms with Crippen molar-refractivity contribution in [3.05, 3.63) is 72.9 Å². The summed E-state index contributed by atoms with van der Waals surface area (Å²) in [5.74, 6) is 0.506. The lowest BCUT2D eigenvalue weighted by Crippen LogP contribution is -2.20. The molecule has 0 radical (unpaired) electrons. The van der Waals surface area contributed by atoms with Crippen LogP contribution in [-0.2, 0) is 6.42 Å². The predicted molar refractivity (Wildman–Crippen MR) is 102 cm³/mol. The lowest BCUT2D eigenvalue weighted by Gasteiger charge is -2.13. The molecule has 0 amide bonds. The number of benzene rings is 2. The average Bonchev–Trinajstić information content (AvgIpc) is 2.68. The van der Waals surface area contributed by atoms with Crippen LogP contribution >= 0.6 is 0 Å². The maximum absolute atomic E-state index is 4.65. The van der Waals surface area contributed by atoms with Gasteiger partial charge in [-0.3, -0.25) is 9.97 Å². The van der Waals surface area contributed by atoms with Crippen LogP contribution < -0.4 is 5.32 Å². The highest BCUT2D eigenvalue weighted by Gasteiger charge is 2.10. The Hall–Kier alpha value is -3.41. The molecule has 0 aliphatic rings. The maximum atomic E-state index is 4.65. The number of aromatic nitrogens is 5. The molecule has 0 bridgehead atoms. The number of fused-ring (bicyclic) bond motifs is 1. The largest absolute Gasteiger partial charge is 0.350 e. The molecule has 128 valence electrons. The van der Waals surface area contributed by atoms with Crippen LogP contribution in [0.25, 0.3) is 22.0 Å². The van der Waals surface area contributed by atoms with Crippen molar-refractivity contribution in [1.82, 2.24) is 25.1 Å². The van der Waals surface area contributed by atoms with Crippen molar-refractivity contribution < 1.29 is 0 Å². The number of hydrogen-bond acceptors (Lipinski definition) is 6. The normalized spacial score (nSPS) is 12.0. The van der Waals surface area contributed by atoms with E-state index in [1.165, 1.54) is 5.39 Å². The Bertz CT molecular complexity index is 1010. The fraction of sp³-hybridized carbons (Fsp3) is 0.150. The molecule has 2 heterocycles. The molecule has 4 aromatic rings. The lowest BCUT2D eigenvalue weighted by atomic mass is 10.0. The minimum absolute atomic E-state index is 0.108. The number of rotatable bonds is 5. The smallest absolute Gasteiger partial charge is 0.243 e. The summed E-state index contributed by atoms with van der Waals surface area (Å²) in [6, 6.07) is 14.5. The van der Waals surface area contributed by atoms with E-state index in [4.69, 9.17) is 0 Å². The molecule has 0 saturated heterocycles. The van der Waals surface area contributed by atoms with E-state index in [1.54, 1.807) is 24.8 Å². The van der Waals surface area contributed by atoms with Gasteiger partial charge in [0.15, 0.2) is 0 Å². The van der Waals surface area contributed by atoms with Gasteiger partial charge in [0.05, 0.1) is 17.6 Å². The van der Waals surface area contributed by atoms with E-state index < -0.39 is 0 Å². The third-order valence-electron chi connectivity index (χ3n) is 4.13. The molecule has 0 spiro atoms. The Kier molecular flexibility index (Phi) is 4.47. The molecular formula is C20H18N6. The molecule has 0 aliphatic heterocycles. The highest BCUT2D eigenvalue weighted by molar-refractivity contribution is 5.95. The highest BCUT2D eigenvalue weighted by atomic mass is 15.2. The van der Waals surface area contributed by atoms with Gasteiger partial charge >= 0.3 is 0 Å². The van der Waals surface area contributed by atoms with Gasteiger partial charge in [-0.05, 0) is 17.7 Å². The van der Waals surface area contributed by atoms with E-state index in [0.717, 1.165) is 28.8 Å². The van der Waals surface area contributed by atoms with Crippen molar-refractivity contribution in [2.75, 3.05) is 5.32 Å². The first kappa shape index (κ1) is 16.1. The van der Waals surface area contributed by atoms with E-state index >= 15 is 0 Å². The fourth-order valence-electron chi connectivity index (χ4n) is 2.96. The van der Waals surface area contributed by atoms with Gasteiger partial charge in [-0.25, -0.2) is 4.98 Å². The van der Waals surface area contributed by atoms with Crippen LogP contribution in [0.15, 0.2) is 67.3 Å². The minimum Gasteiger partial charge on any atom is -0.350 e. The predicted octanol–water partition coefficient (Wildman–Crippen LogP) is 3.52. The molecule has 6 heteroatoms. The van der Waals surface area contributed by atoms with Crippen molar-refractivity contribution in [1.29, 1.82) is 0 Å². The van der Waals surface area contributed by atoms with Gasteiger partial charge in [0, 0.05) is 36.6 Å². The second-order valence-electron chi connectivity index (χ2n) is 6.14. The van der Waals surface area contributed by atoms with Crippen LogP contribution in [0, 0.1) is 0 Å². The first-order valence-electron chi connectivity index (χ1n) is 8.49. The molecule has 1 N–H and O–H groups in total. The maximum Gasteiger partial charge on any atom is 0.243 e. The SMILES string of the molecule is CC(Cc1cnccn1)Nc1nncc(-c2cccc3ccccc23)n1. The van der Waals surface area contributed by atoms with Gasteiger partial charge in [0.25, 0.3) is 0 Å². The molecule has 26 heavy (non-hydrogen) atoms. The summed E-state index contributed by atoms with van der Waals surface area (Å²) in [4.78, 5) is 13.0. The van der Waals surface area contributed by atoms with E-state index in [0.29, 0.717) is 5.95 Å². The van der Waals surface area contributed by atoms with Gasteiger partial charge in [0.2, 0.25) is 5.95 Å². The summed E-state index contributed by atoms with van der Waals surface area (Å²) in [6.45, 7) is 2.06. The molecule has 0 fully saturated rings. The molecule has 6 nitrogen and oxygen atoms in total. The zero-order valence-corrected chi connectivity index (χ0v) is 14.4. The van der Waals surface area contributed by atoms with Crippen LogP contribution in [0.4, 0.5) is 5.95 Å². The number of anilines is 1. The molecule has 1 atom stereocenters. The summed E-state index contributed by atoms with van der Waals surface area (Å²) in [6.07, 6.45) is 7.56. The summed E-state index contributed by atoms with van der Waals surface area (Å²) in [5.41, 5.74) is 2.76. The van der Waals surface area contributed by atoms with Gasteiger partial charge in [-0.2, -0.15) is 5.10 Å². The highest BCUT2D eigenvalue weighted by Crippen LogP contribution is 2.27. The first-order chi connectivity index (χ1) is 12.8. The van der Waals surface area contributed by atoms with Crippen molar-refractivity contribution >= 4 is 16.7 Å². The minimum atomic E-state index is 0.108. The quantitative estimate of drug-likeness (QED) is 0.598. The van der Waals surface area contributed by atoms with Crippen LogP contribution in [0.5, 0.6) is 0 Å². The van der Waals surface area contributed by atoms with Crippen LogP contribution in [0.3, 0.4) is 0 Å². The van der Waals surface area contributed by atoms with Gasteiger partial charge in [-0.1, -0.05) is 42.5 Å². The molecule has 2 aromatic carbocycles. The number of nitrogens with zero attached hydrogens (tertiary/aromatic N) is 5. The fourth-order valence-corrected chi connectivity index (χ4v) is 2.96. The average molecular weight is 342 g/mol. The molecule has 2 aromatic heterocycles. The first-order valence-corrected chi connectivity index (χ1v) is 8.49. The summed E-state index contributed by atoms with van der Waals surface area (Å²) >= 11 is 0. The van der Waals surface area contributed by atoms with E-state index in [9.17, 15) is 0 Å². The van der Waals surface area contributed by atoms with Gasteiger partial charge < -0.3 is 5.32 Å². The van der Waals surface area contributed by atoms with E-state index in [1.807, 2.05) is 18.2 Å². The van der Waals surface area contributed by atoms with Crippen molar-refractivity contribution in [3.8, 4) is 11.3 Å². The monoisotopic (exact) mass is 342 g/mol. The van der Waals surface area contributed by atoms with Crippen LogP contribution in [-0.4, -0.2) is 31.2 Å². The summed E-state index contributed by atoms with van der Waals surface area (Å²) < 4.78 is 0. The summed E-state index contributed by atoms with van der Waals surface area (Å²) in [7, 11) is 0. The summed E-state index contributed by atoms with van der Waals surface area (Å²) in [5, 5.41) is 13.9. The van der Waals surface area contributed by atoms with Crippen molar-refractivity contribution in [2.45, 2.75) is 19.4 Å². The molecule has 4 rings (SSSR count). The molecule has 0 aliphatic carbocycles. The Labute approximate surface area is 151 Å². The third-order valence-corrected chi connectivity index (χ3v) is 4.13. The zero-order chi connectivity index (χ0) is 17.8. The second-order valence-corrected chi connectivity index (χ2v) is 6.14.